The lowest BCUT2D eigenvalue weighted by Crippen LogP contribution is -2.17. The normalized spacial score (nSPS) is 15.9. The van der Waals surface area contributed by atoms with Crippen molar-refractivity contribution in [2.45, 2.75) is 12.5 Å². The molecule has 2 nitrogen and oxygen atoms in total. The fourth-order valence-corrected chi connectivity index (χ4v) is 4.10. The predicted octanol–water partition coefficient (Wildman–Crippen LogP) is 5.38. The molecular weight excluding hydrogens is 337 g/mol. The minimum absolute atomic E-state index is 0.237. The Bertz CT molecular complexity index is 915. The van der Waals surface area contributed by atoms with E-state index in [9.17, 15) is 18.3 Å². The van der Waals surface area contributed by atoms with Gasteiger partial charge in [-0.3, -0.25) is 0 Å². The number of aliphatic hydroxyl groups is 1. The molecule has 1 unspecified atom stereocenters. The molecule has 1 atom stereocenters. The maximum absolute atomic E-state index is 12.8. The van der Waals surface area contributed by atoms with Crippen molar-refractivity contribution in [2.24, 2.45) is 0 Å². The highest BCUT2D eigenvalue weighted by Crippen LogP contribution is 2.52. The summed E-state index contributed by atoms with van der Waals surface area (Å²) in [4.78, 5) is 0.661. The van der Waals surface area contributed by atoms with Gasteiger partial charge in [0.1, 0.15) is 11.9 Å². The second kappa shape index (κ2) is 5.36. The van der Waals surface area contributed by atoms with E-state index in [2.05, 4.69) is 4.74 Å². The van der Waals surface area contributed by atoms with E-state index in [1.807, 2.05) is 0 Å². The molecule has 0 radical (unpaired) electrons. The lowest BCUT2D eigenvalue weighted by Gasteiger charge is -2.15. The van der Waals surface area contributed by atoms with E-state index in [0.29, 0.717) is 27.1 Å². The van der Waals surface area contributed by atoms with E-state index in [0.717, 1.165) is 5.56 Å². The lowest BCUT2D eigenvalue weighted by atomic mass is 9.96. The number of hydrogen-bond acceptors (Lipinski definition) is 3. The molecule has 0 amide bonds. The minimum atomic E-state index is -4.77. The van der Waals surface area contributed by atoms with Gasteiger partial charge in [-0.2, -0.15) is 0 Å². The van der Waals surface area contributed by atoms with Crippen LogP contribution in [0, 0.1) is 0 Å². The number of benzene rings is 2. The zero-order valence-electron chi connectivity index (χ0n) is 12.2. The summed E-state index contributed by atoms with van der Waals surface area (Å²) in [5, 5.41) is 12.1. The standard InChI is InChI=1S/C18H11F3O2S/c19-18(20,21)23-14-9-24-17-13-8-4-3-7-12(13)16(22)11-6-2-1-5-10(11)15(14)17/h1-9,16,22H. The van der Waals surface area contributed by atoms with Crippen LogP contribution in [0.5, 0.6) is 5.75 Å². The first kappa shape index (κ1) is 15.2. The number of halogens is 3. The molecule has 1 N–H and O–H groups in total. The van der Waals surface area contributed by atoms with E-state index in [4.69, 9.17) is 0 Å². The van der Waals surface area contributed by atoms with Crippen molar-refractivity contribution in [1.82, 2.24) is 0 Å². The van der Waals surface area contributed by atoms with Crippen LogP contribution in [0.4, 0.5) is 13.2 Å². The van der Waals surface area contributed by atoms with E-state index in [-0.39, 0.29) is 5.75 Å². The van der Waals surface area contributed by atoms with Gasteiger partial charge in [0.15, 0.2) is 0 Å². The van der Waals surface area contributed by atoms with Crippen LogP contribution >= 0.6 is 11.3 Å². The molecule has 1 heterocycles. The van der Waals surface area contributed by atoms with Gasteiger partial charge in [-0.25, -0.2) is 0 Å². The van der Waals surface area contributed by atoms with Crippen LogP contribution in [-0.4, -0.2) is 11.5 Å². The van der Waals surface area contributed by atoms with Gasteiger partial charge in [0.25, 0.3) is 0 Å². The van der Waals surface area contributed by atoms with Crippen LogP contribution in [0.1, 0.15) is 17.2 Å². The molecule has 6 heteroatoms. The SMILES string of the molecule is OC1c2ccccc2-c2scc(OC(F)(F)F)c2-c2ccccc21. The van der Waals surface area contributed by atoms with Crippen molar-refractivity contribution in [3.8, 4) is 27.3 Å². The third kappa shape index (κ3) is 2.39. The van der Waals surface area contributed by atoms with Crippen molar-refractivity contribution in [2.75, 3.05) is 0 Å². The van der Waals surface area contributed by atoms with E-state index in [1.54, 1.807) is 48.5 Å². The van der Waals surface area contributed by atoms with Gasteiger partial charge >= 0.3 is 6.36 Å². The zero-order chi connectivity index (χ0) is 16.9. The molecule has 122 valence electrons. The Kier molecular flexibility index (Phi) is 3.40. The molecule has 1 aliphatic rings. The molecule has 0 saturated carbocycles. The number of hydrogen-bond donors (Lipinski definition) is 1. The maximum Gasteiger partial charge on any atom is 0.573 e. The van der Waals surface area contributed by atoms with Gasteiger partial charge in [-0.15, -0.1) is 24.5 Å². The first-order valence-corrected chi connectivity index (χ1v) is 8.07. The molecule has 1 aliphatic carbocycles. The van der Waals surface area contributed by atoms with E-state index in [1.165, 1.54) is 16.7 Å². The highest BCUT2D eigenvalue weighted by molar-refractivity contribution is 7.14. The summed E-state index contributed by atoms with van der Waals surface area (Å²) in [5.41, 5.74) is 2.88. The summed E-state index contributed by atoms with van der Waals surface area (Å²) in [5.74, 6) is -0.237. The first-order valence-electron chi connectivity index (χ1n) is 7.19. The molecule has 2 aromatic carbocycles. The van der Waals surface area contributed by atoms with E-state index >= 15 is 0 Å². The number of alkyl halides is 3. The summed E-state index contributed by atoms with van der Waals surface area (Å²) in [6, 6.07) is 14.1. The smallest absolute Gasteiger partial charge is 0.404 e. The Labute approximate surface area is 139 Å². The Morgan fingerprint density at radius 2 is 1.50 bits per heavy atom. The number of aliphatic hydroxyl groups excluding tert-OH is 1. The molecule has 0 aliphatic heterocycles. The molecule has 3 aromatic rings. The molecule has 1 aromatic heterocycles. The van der Waals surface area contributed by atoms with Gasteiger partial charge in [-0.1, -0.05) is 48.5 Å². The van der Waals surface area contributed by atoms with E-state index < -0.39 is 12.5 Å². The second-order valence-electron chi connectivity index (χ2n) is 5.43. The number of rotatable bonds is 1. The minimum Gasteiger partial charge on any atom is -0.404 e. The first-order chi connectivity index (χ1) is 11.5. The van der Waals surface area contributed by atoms with Crippen LogP contribution in [0.3, 0.4) is 0 Å². The topological polar surface area (TPSA) is 29.5 Å². The molecule has 0 spiro atoms. The second-order valence-corrected chi connectivity index (χ2v) is 6.31. The van der Waals surface area contributed by atoms with Crippen molar-refractivity contribution < 1.29 is 23.0 Å². The molecule has 24 heavy (non-hydrogen) atoms. The van der Waals surface area contributed by atoms with Gasteiger partial charge < -0.3 is 9.84 Å². The monoisotopic (exact) mass is 348 g/mol. The van der Waals surface area contributed by atoms with Crippen molar-refractivity contribution in [3.05, 3.63) is 65.0 Å². The fraction of sp³-hybridized carbons (Fsp3) is 0.111. The van der Waals surface area contributed by atoms with Gasteiger partial charge in [0.2, 0.25) is 0 Å². The van der Waals surface area contributed by atoms with Gasteiger partial charge in [0, 0.05) is 15.8 Å². The van der Waals surface area contributed by atoms with Crippen LogP contribution in [0.15, 0.2) is 53.9 Å². The predicted molar refractivity (Wildman–Crippen MR) is 85.9 cm³/mol. The largest absolute Gasteiger partial charge is 0.573 e. The Balaban J connectivity index is 2.05. The van der Waals surface area contributed by atoms with Crippen molar-refractivity contribution >= 4 is 11.3 Å². The molecule has 0 saturated heterocycles. The lowest BCUT2D eigenvalue weighted by molar-refractivity contribution is -0.274. The quantitative estimate of drug-likeness (QED) is 0.640. The summed E-state index contributed by atoms with van der Waals surface area (Å²) in [7, 11) is 0. The van der Waals surface area contributed by atoms with Crippen LogP contribution in [-0.2, 0) is 0 Å². The third-order valence-corrected chi connectivity index (χ3v) is 5.00. The maximum atomic E-state index is 12.8. The van der Waals surface area contributed by atoms with Crippen LogP contribution in [0.2, 0.25) is 0 Å². The van der Waals surface area contributed by atoms with Crippen molar-refractivity contribution in [3.63, 3.8) is 0 Å². The molecule has 4 rings (SSSR count). The summed E-state index contributed by atoms with van der Waals surface area (Å²) >= 11 is 1.18. The highest BCUT2D eigenvalue weighted by Gasteiger charge is 2.35. The molecule has 0 fully saturated rings. The molecule has 0 bridgehead atoms. The third-order valence-electron chi connectivity index (χ3n) is 4.01. The van der Waals surface area contributed by atoms with Crippen LogP contribution in [0.25, 0.3) is 21.6 Å². The number of ether oxygens (including phenoxy) is 1. The number of fused-ring (bicyclic) bond motifs is 5. The summed E-state index contributed by atoms with van der Waals surface area (Å²) in [6.07, 6.45) is -5.68. The average molecular weight is 348 g/mol. The number of thiophene rings is 1. The highest BCUT2D eigenvalue weighted by atomic mass is 32.1. The zero-order valence-corrected chi connectivity index (χ0v) is 13.0. The Hall–Kier alpha value is -2.31. The summed E-state index contributed by atoms with van der Waals surface area (Å²) in [6.45, 7) is 0. The average Bonchev–Trinajstić information content (AvgIpc) is 2.91. The fourth-order valence-electron chi connectivity index (χ4n) is 3.07. The Morgan fingerprint density at radius 3 is 2.17 bits per heavy atom. The van der Waals surface area contributed by atoms with Crippen LogP contribution < -0.4 is 4.74 Å². The molecular formula is C18H11F3O2S. The van der Waals surface area contributed by atoms with Gasteiger partial charge in [-0.05, 0) is 22.3 Å². The van der Waals surface area contributed by atoms with Crippen molar-refractivity contribution in [1.29, 1.82) is 0 Å². The Morgan fingerprint density at radius 1 is 0.917 bits per heavy atom. The summed E-state index contributed by atoms with van der Waals surface area (Å²) < 4.78 is 42.5. The van der Waals surface area contributed by atoms with Gasteiger partial charge in [0.05, 0.1) is 0 Å².